The van der Waals surface area contributed by atoms with E-state index in [-0.39, 0.29) is 30.7 Å². The summed E-state index contributed by atoms with van der Waals surface area (Å²) >= 11 is 0. The normalized spacial score (nSPS) is 15.4. The fourth-order valence-electron chi connectivity index (χ4n) is 2.36. The molecule has 1 aliphatic heterocycles. The zero-order valence-corrected chi connectivity index (χ0v) is 15.7. The third-order valence-corrected chi connectivity index (χ3v) is 3.82. The van der Waals surface area contributed by atoms with E-state index in [4.69, 9.17) is 5.73 Å². The monoisotopic (exact) mass is 362 g/mol. The van der Waals surface area contributed by atoms with Crippen LogP contribution in [0.15, 0.2) is 18.3 Å². The Kier molecular flexibility index (Phi) is 8.88. The summed E-state index contributed by atoms with van der Waals surface area (Å²) in [4.78, 5) is 18.7. The van der Waals surface area contributed by atoms with E-state index in [9.17, 15) is 4.79 Å². The predicted octanol–water partition coefficient (Wildman–Crippen LogP) is 2.63. The van der Waals surface area contributed by atoms with Gasteiger partial charge in [-0.3, -0.25) is 4.79 Å². The van der Waals surface area contributed by atoms with Gasteiger partial charge in [-0.05, 0) is 44.7 Å². The van der Waals surface area contributed by atoms with E-state index in [1.165, 1.54) is 12.8 Å². The predicted molar refractivity (Wildman–Crippen MR) is 99.9 cm³/mol. The van der Waals surface area contributed by atoms with Gasteiger partial charge in [-0.2, -0.15) is 0 Å². The van der Waals surface area contributed by atoms with Gasteiger partial charge in [0, 0.05) is 31.4 Å². The summed E-state index contributed by atoms with van der Waals surface area (Å²) in [7, 11) is 0. The van der Waals surface area contributed by atoms with Crippen molar-refractivity contribution in [1.82, 2.24) is 10.3 Å². The maximum absolute atomic E-state index is 12.0. The number of nitrogens with two attached hydrogens (primary N) is 1. The van der Waals surface area contributed by atoms with Gasteiger partial charge >= 0.3 is 0 Å². The fraction of sp³-hybridized carbons (Fsp3) is 0.625. The van der Waals surface area contributed by atoms with E-state index in [1.807, 2.05) is 26.0 Å². The largest absolute Gasteiger partial charge is 0.357 e. The molecule has 7 heteroatoms. The highest BCUT2D eigenvalue weighted by atomic mass is 35.5. The van der Waals surface area contributed by atoms with Crippen molar-refractivity contribution in [2.24, 2.45) is 11.7 Å². The molecule has 1 saturated heterocycles. The molecule has 2 rings (SSSR count). The van der Waals surface area contributed by atoms with Gasteiger partial charge in [0.2, 0.25) is 0 Å². The summed E-state index contributed by atoms with van der Waals surface area (Å²) in [6.45, 7) is 8.58. The number of hydrogen-bond donors (Lipinski definition) is 2. The number of rotatable bonds is 4. The Morgan fingerprint density at radius 1 is 1.35 bits per heavy atom. The second-order valence-electron chi connectivity index (χ2n) is 6.75. The average Bonchev–Trinajstić information content (AvgIpc) is 2.45. The van der Waals surface area contributed by atoms with Crippen molar-refractivity contribution >= 4 is 36.5 Å². The van der Waals surface area contributed by atoms with E-state index in [2.05, 4.69) is 22.1 Å². The number of piperidine rings is 1. The minimum absolute atomic E-state index is 0. The number of amides is 1. The molecule has 1 aromatic heterocycles. The van der Waals surface area contributed by atoms with Gasteiger partial charge in [0.25, 0.3) is 5.91 Å². The van der Waals surface area contributed by atoms with Gasteiger partial charge in [-0.1, -0.05) is 6.92 Å². The molecule has 0 aliphatic carbocycles. The highest BCUT2D eigenvalue weighted by Gasteiger charge is 2.18. The molecule has 1 aliphatic rings. The van der Waals surface area contributed by atoms with Crippen LogP contribution in [0.5, 0.6) is 0 Å². The summed E-state index contributed by atoms with van der Waals surface area (Å²) in [5, 5.41) is 2.83. The van der Waals surface area contributed by atoms with Crippen LogP contribution in [0.2, 0.25) is 0 Å². The molecule has 3 N–H and O–H groups in total. The highest BCUT2D eigenvalue weighted by Crippen LogP contribution is 2.21. The molecule has 1 fully saturated rings. The van der Waals surface area contributed by atoms with Gasteiger partial charge in [0.05, 0.1) is 5.56 Å². The zero-order chi connectivity index (χ0) is 15.5. The number of pyridine rings is 1. The van der Waals surface area contributed by atoms with E-state index < -0.39 is 5.54 Å². The first kappa shape index (κ1) is 22.0. The Balaban J connectivity index is 0.00000242. The molecule has 0 saturated carbocycles. The van der Waals surface area contributed by atoms with Crippen LogP contribution in [0.25, 0.3) is 0 Å². The lowest BCUT2D eigenvalue weighted by molar-refractivity contribution is 0.0945. The molecular formula is C16H28Cl2N4O. The molecule has 0 atom stereocenters. The van der Waals surface area contributed by atoms with Crippen LogP contribution < -0.4 is 16.0 Å². The van der Waals surface area contributed by atoms with Crippen molar-refractivity contribution in [2.45, 2.75) is 39.2 Å². The maximum atomic E-state index is 12.0. The molecular weight excluding hydrogens is 335 g/mol. The molecule has 1 aromatic rings. The molecule has 0 bridgehead atoms. The van der Waals surface area contributed by atoms with Gasteiger partial charge in [0.15, 0.2) is 0 Å². The minimum Gasteiger partial charge on any atom is -0.357 e. The summed E-state index contributed by atoms with van der Waals surface area (Å²) in [6.07, 6.45) is 4.05. The highest BCUT2D eigenvalue weighted by molar-refractivity contribution is 5.94. The van der Waals surface area contributed by atoms with E-state index in [1.54, 1.807) is 6.20 Å². The molecule has 23 heavy (non-hydrogen) atoms. The summed E-state index contributed by atoms with van der Waals surface area (Å²) < 4.78 is 0. The van der Waals surface area contributed by atoms with Crippen LogP contribution >= 0.6 is 24.8 Å². The van der Waals surface area contributed by atoms with Crippen LogP contribution in [0.3, 0.4) is 0 Å². The van der Waals surface area contributed by atoms with Crippen LogP contribution in [0.4, 0.5) is 5.82 Å². The van der Waals surface area contributed by atoms with E-state index in [0.29, 0.717) is 12.1 Å². The number of nitrogens with one attached hydrogen (secondary N) is 1. The number of carbonyl (C=O) groups excluding carboxylic acids is 1. The Hall–Kier alpha value is -1.04. The number of carbonyl (C=O) groups is 1. The van der Waals surface area contributed by atoms with Gasteiger partial charge < -0.3 is 16.0 Å². The zero-order valence-electron chi connectivity index (χ0n) is 14.0. The van der Waals surface area contributed by atoms with Crippen LogP contribution in [0, 0.1) is 5.92 Å². The number of nitrogens with zero attached hydrogens (tertiary/aromatic N) is 2. The third-order valence-electron chi connectivity index (χ3n) is 3.82. The quantitative estimate of drug-likeness (QED) is 0.863. The Bertz CT molecular complexity index is 480. The Labute approximate surface area is 151 Å². The van der Waals surface area contributed by atoms with E-state index in [0.717, 1.165) is 24.8 Å². The van der Waals surface area contributed by atoms with Crippen molar-refractivity contribution in [1.29, 1.82) is 0 Å². The van der Waals surface area contributed by atoms with Gasteiger partial charge in [-0.25, -0.2) is 4.98 Å². The Morgan fingerprint density at radius 3 is 2.43 bits per heavy atom. The Morgan fingerprint density at radius 2 is 1.96 bits per heavy atom. The van der Waals surface area contributed by atoms with Gasteiger partial charge in [0.1, 0.15) is 5.82 Å². The maximum Gasteiger partial charge on any atom is 0.252 e. The smallest absolute Gasteiger partial charge is 0.252 e. The molecule has 1 amide bonds. The molecule has 0 spiro atoms. The minimum atomic E-state index is -0.409. The van der Waals surface area contributed by atoms with Crippen molar-refractivity contribution in [3.63, 3.8) is 0 Å². The number of anilines is 1. The fourth-order valence-corrected chi connectivity index (χ4v) is 2.36. The van der Waals surface area contributed by atoms with Crippen LogP contribution in [0.1, 0.15) is 44.0 Å². The van der Waals surface area contributed by atoms with Gasteiger partial charge in [-0.15, -0.1) is 24.8 Å². The number of hydrogen-bond acceptors (Lipinski definition) is 4. The van der Waals surface area contributed by atoms with Crippen LogP contribution in [-0.2, 0) is 0 Å². The van der Waals surface area contributed by atoms with Crippen molar-refractivity contribution in [3.05, 3.63) is 23.9 Å². The lowest BCUT2D eigenvalue weighted by Gasteiger charge is -2.31. The van der Waals surface area contributed by atoms with Crippen molar-refractivity contribution in [2.75, 3.05) is 24.5 Å². The second-order valence-corrected chi connectivity index (χ2v) is 6.75. The first-order valence-electron chi connectivity index (χ1n) is 7.63. The molecule has 132 valence electrons. The first-order valence-corrected chi connectivity index (χ1v) is 7.63. The van der Waals surface area contributed by atoms with Crippen molar-refractivity contribution in [3.8, 4) is 0 Å². The van der Waals surface area contributed by atoms with Crippen LogP contribution in [-0.4, -0.2) is 36.1 Å². The SMILES string of the molecule is CC1CCN(c2ccc(C(=O)NCC(C)(C)N)cn2)CC1.Cl.Cl. The van der Waals surface area contributed by atoms with E-state index >= 15 is 0 Å². The summed E-state index contributed by atoms with van der Waals surface area (Å²) in [5.41, 5.74) is 6.03. The van der Waals surface area contributed by atoms with Crippen molar-refractivity contribution < 1.29 is 4.79 Å². The number of halogens is 2. The molecule has 0 radical (unpaired) electrons. The molecule has 2 heterocycles. The lowest BCUT2D eigenvalue weighted by Crippen LogP contribution is -2.45. The molecule has 0 unspecified atom stereocenters. The third kappa shape index (κ3) is 6.94. The second kappa shape index (κ2) is 9.30. The first-order chi connectivity index (χ1) is 9.85. The summed E-state index contributed by atoms with van der Waals surface area (Å²) in [5.74, 6) is 1.63. The topological polar surface area (TPSA) is 71.2 Å². The molecule has 5 nitrogen and oxygen atoms in total. The lowest BCUT2D eigenvalue weighted by atomic mass is 9.99. The number of aromatic nitrogens is 1. The molecule has 0 aromatic carbocycles. The summed E-state index contributed by atoms with van der Waals surface area (Å²) in [6, 6.07) is 3.76. The standard InChI is InChI=1S/C16H26N4O.2ClH/c1-12-6-8-20(9-7-12)14-5-4-13(10-18-14)15(21)19-11-16(2,3)17;;/h4-5,10,12H,6-9,11,17H2,1-3H3,(H,19,21);2*1H. The average molecular weight is 363 g/mol.